The molecular weight excluding hydrogens is 464 g/mol. The monoisotopic (exact) mass is 494 g/mol. The minimum atomic E-state index is -0.273. The van der Waals surface area contributed by atoms with Gasteiger partial charge in [0.1, 0.15) is 5.75 Å². The Morgan fingerprint density at radius 2 is 1.76 bits per heavy atom. The highest BCUT2D eigenvalue weighted by Crippen LogP contribution is 2.39. The fourth-order valence-corrected chi connectivity index (χ4v) is 4.45. The van der Waals surface area contributed by atoms with Crippen LogP contribution in [0.4, 0.5) is 10.5 Å². The summed E-state index contributed by atoms with van der Waals surface area (Å²) in [5, 5.41) is 21.1. The molecule has 7 heteroatoms. The number of amides is 2. The Morgan fingerprint density at radius 3 is 2.43 bits per heavy atom. The maximum atomic E-state index is 13.0. The first-order chi connectivity index (χ1) is 18.0. The van der Waals surface area contributed by atoms with Crippen LogP contribution < -0.4 is 10.6 Å². The minimum absolute atomic E-state index is 0.0176. The number of anilines is 1. The molecule has 1 aromatic heterocycles. The number of aromatic hydroxyl groups is 1. The molecule has 1 aliphatic rings. The van der Waals surface area contributed by atoms with Crippen molar-refractivity contribution in [3.63, 3.8) is 0 Å². The second kappa shape index (κ2) is 10.7. The number of rotatable bonds is 7. The van der Waals surface area contributed by atoms with Gasteiger partial charge in [0.25, 0.3) is 5.91 Å². The molecule has 0 unspecified atom stereocenters. The number of hydrogen-bond acceptors (Lipinski definition) is 4. The van der Waals surface area contributed by atoms with E-state index in [0.29, 0.717) is 29.1 Å². The van der Waals surface area contributed by atoms with Gasteiger partial charge >= 0.3 is 6.03 Å². The lowest BCUT2D eigenvalue weighted by Crippen LogP contribution is -2.33. The predicted octanol–water partition coefficient (Wildman–Crippen LogP) is 5.88. The van der Waals surface area contributed by atoms with Gasteiger partial charge in [-0.1, -0.05) is 54.4 Å². The lowest BCUT2D eigenvalue weighted by atomic mass is 9.82. The number of phenolic OH excluding ortho intramolecular Hbond substituents is 1. The van der Waals surface area contributed by atoms with Crippen molar-refractivity contribution < 1.29 is 14.7 Å². The maximum Gasteiger partial charge on any atom is 0.342 e. The summed E-state index contributed by atoms with van der Waals surface area (Å²) in [6.07, 6.45) is 3.88. The van der Waals surface area contributed by atoms with Crippen LogP contribution in [0.1, 0.15) is 52.4 Å². The quantitative estimate of drug-likeness (QED) is 0.299. The summed E-state index contributed by atoms with van der Waals surface area (Å²) in [6, 6.07) is 23.8. The van der Waals surface area contributed by atoms with Gasteiger partial charge < -0.3 is 15.7 Å². The normalized spacial score (nSPS) is 13.1. The zero-order valence-corrected chi connectivity index (χ0v) is 20.8. The van der Waals surface area contributed by atoms with Crippen molar-refractivity contribution in [3.05, 3.63) is 101 Å². The van der Waals surface area contributed by atoms with E-state index in [2.05, 4.69) is 15.7 Å². The van der Waals surface area contributed by atoms with Crippen molar-refractivity contribution in [2.75, 3.05) is 11.9 Å². The van der Waals surface area contributed by atoms with Crippen LogP contribution in [-0.4, -0.2) is 33.4 Å². The molecule has 0 saturated heterocycles. The molecule has 1 saturated carbocycles. The van der Waals surface area contributed by atoms with E-state index in [-0.39, 0.29) is 23.6 Å². The van der Waals surface area contributed by atoms with Gasteiger partial charge in [-0.25, -0.2) is 4.79 Å². The first kappa shape index (κ1) is 24.3. The lowest BCUT2D eigenvalue weighted by molar-refractivity contribution is 0.102. The van der Waals surface area contributed by atoms with Gasteiger partial charge in [-0.3, -0.25) is 4.79 Å². The summed E-state index contributed by atoms with van der Waals surface area (Å²) < 4.78 is 1.44. The van der Waals surface area contributed by atoms with Crippen LogP contribution in [0.2, 0.25) is 0 Å². The number of carbonyl (C=O) groups is 2. The SMILES string of the molecule is Cc1ccc(C(=O)Nc2ccc(-c3cc(C4CCC4)n(C(=O)NCCc4ccccc4)n3)c(O)c2)cc1. The van der Waals surface area contributed by atoms with Crippen molar-refractivity contribution in [2.24, 2.45) is 0 Å². The van der Waals surface area contributed by atoms with Gasteiger partial charge in [0.05, 0.1) is 11.4 Å². The number of nitrogens with one attached hydrogen (secondary N) is 2. The zero-order chi connectivity index (χ0) is 25.8. The highest BCUT2D eigenvalue weighted by molar-refractivity contribution is 6.04. The highest BCUT2D eigenvalue weighted by atomic mass is 16.3. The predicted molar refractivity (Wildman–Crippen MR) is 144 cm³/mol. The summed E-state index contributed by atoms with van der Waals surface area (Å²) in [4.78, 5) is 25.6. The minimum Gasteiger partial charge on any atom is -0.507 e. The number of aryl methyl sites for hydroxylation is 1. The molecule has 1 aliphatic carbocycles. The average Bonchev–Trinajstić information content (AvgIpc) is 3.28. The Bertz CT molecular complexity index is 1410. The second-order valence-electron chi connectivity index (χ2n) is 9.51. The fraction of sp³-hybridized carbons (Fsp3) is 0.233. The van der Waals surface area contributed by atoms with Crippen LogP contribution in [0.3, 0.4) is 0 Å². The molecule has 5 rings (SSSR count). The fourth-order valence-electron chi connectivity index (χ4n) is 4.45. The number of hydrogen-bond donors (Lipinski definition) is 3. The molecular formula is C30H30N4O3. The van der Waals surface area contributed by atoms with E-state index in [1.807, 2.05) is 55.5 Å². The molecule has 0 bridgehead atoms. The standard InChI is InChI=1S/C30H30N4O3/c1-20-10-12-23(13-11-20)29(36)32-24-14-15-25(28(35)18-24)26-19-27(22-8-5-9-22)34(33-26)30(37)31-17-16-21-6-3-2-4-7-21/h2-4,6-7,10-15,18-19,22,35H,5,8-9,16-17H2,1H3,(H,31,37)(H,32,36). The molecule has 7 nitrogen and oxygen atoms in total. The summed E-state index contributed by atoms with van der Waals surface area (Å²) in [5.74, 6) is 0.00297. The summed E-state index contributed by atoms with van der Waals surface area (Å²) in [6.45, 7) is 2.47. The van der Waals surface area contributed by atoms with E-state index in [1.54, 1.807) is 24.3 Å². The topological polar surface area (TPSA) is 96.3 Å². The molecule has 0 atom stereocenters. The highest BCUT2D eigenvalue weighted by Gasteiger charge is 2.27. The van der Waals surface area contributed by atoms with Crippen molar-refractivity contribution in [2.45, 2.75) is 38.5 Å². The van der Waals surface area contributed by atoms with Crippen LogP contribution in [0.5, 0.6) is 5.75 Å². The van der Waals surface area contributed by atoms with Crippen LogP contribution in [0.15, 0.2) is 78.9 Å². The molecule has 0 radical (unpaired) electrons. The summed E-state index contributed by atoms with van der Waals surface area (Å²) >= 11 is 0. The summed E-state index contributed by atoms with van der Waals surface area (Å²) in [7, 11) is 0. The molecule has 1 heterocycles. The largest absolute Gasteiger partial charge is 0.507 e. The van der Waals surface area contributed by atoms with Crippen molar-refractivity contribution in [3.8, 4) is 17.0 Å². The van der Waals surface area contributed by atoms with Gasteiger partial charge in [0.2, 0.25) is 0 Å². The van der Waals surface area contributed by atoms with E-state index >= 15 is 0 Å². The number of carbonyl (C=O) groups excluding carboxylic acids is 2. The third-order valence-electron chi connectivity index (χ3n) is 6.83. The Kier molecular flexibility index (Phi) is 7.03. The molecule has 0 spiro atoms. The van der Waals surface area contributed by atoms with Crippen molar-refractivity contribution in [1.82, 2.24) is 15.1 Å². The first-order valence-electron chi connectivity index (χ1n) is 12.6. The van der Waals surface area contributed by atoms with Gasteiger partial charge in [-0.15, -0.1) is 0 Å². The van der Waals surface area contributed by atoms with Gasteiger partial charge in [-0.2, -0.15) is 9.78 Å². The van der Waals surface area contributed by atoms with Crippen molar-refractivity contribution >= 4 is 17.6 Å². The Hall–Kier alpha value is -4.39. The third kappa shape index (κ3) is 5.56. The van der Waals surface area contributed by atoms with Gasteiger partial charge in [-0.05, 0) is 62.1 Å². The number of nitrogens with zero attached hydrogens (tertiary/aromatic N) is 2. The smallest absolute Gasteiger partial charge is 0.342 e. The van der Waals surface area contributed by atoms with Crippen LogP contribution in [0, 0.1) is 6.92 Å². The molecule has 37 heavy (non-hydrogen) atoms. The first-order valence-corrected chi connectivity index (χ1v) is 12.6. The molecule has 1 fully saturated rings. The summed E-state index contributed by atoms with van der Waals surface area (Å²) in [5.41, 5.74) is 5.13. The Balaban J connectivity index is 1.32. The van der Waals surface area contributed by atoms with Crippen LogP contribution in [-0.2, 0) is 6.42 Å². The number of aromatic nitrogens is 2. The lowest BCUT2D eigenvalue weighted by Gasteiger charge is -2.25. The van der Waals surface area contributed by atoms with Crippen molar-refractivity contribution in [1.29, 1.82) is 0 Å². The van der Waals surface area contributed by atoms with Gasteiger partial charge in [0, 0.05) is 35.3 Å². The molecule has 2 amide bonds. The maximum absolute atomic E-state index is 13.0. The van der Waals surface area contributed by atoms with Crippen LogP contribution in [0.25, 0.3) is 11.3 Å². The van der Waals surface area contributed by atoms with Crippen LogP contribution >= 0.6 is 0 Å². The number of benzene rings is 3. The van der Waals surface area contributed by atoms with E-state index in [1.165, 1.54) is 10.7 Å². The Morgan fingerprint density at radius 1 is 1.00 bits per heavy atom. The molecule has 0 aliphatic heterocycles. The number of phenols is 1. The molecule has 4 aromatic rings. The van der Waals surface area contributed by atoms with Gasteiger partial charge in [0.15, 0.2) is 0 Å². The molecule has 3 aromatic carbocycles. The molecule has 3 N–H and O–H groups in total. The van der Waals surface area contributed by atoms with E-state index in [4.69, 9.17) is 0 Å². The van der Waals surface area contributed by atoms with E-state index in [9.17, 15) is 14.7 Å². The van der Waals surface area contributed by atoms with E-state index in [0.717, 1.165) is 42.5 Å². The average molecular weight is 495 g/mol. The third-order valence-corrected chi connectivity index (χ3v) is 6.83. The second-order valence-corrected chi connectivity index (χ2v) is 9.51. The van der Waals surface area contributed by atoms with E-state index < -0.39 is 0 Å². The Labute approximate surface area is 216 Å². The zero-order valence-electron chi connectivity index (χ0n) is 20.8. The molecule has 188 valence electrons.